The second kappa shape index (κ2) is 7.62. The lowest BCUT2D eigenvalue weighted by Gasteiger charge is -2.39. The number of carbonyl (C=O) groups is 1. The van der Waals surface area contributed by atoms with Crippen molar-refractivity contribution in [3.63, 3.8) is 0 Å². The summed E-state index contributed by atoms with van der Waals surface area (Å²) in [6.07, 6.45) is 3.16. The number of hydrogen-bond donors (Lipinski definition) is 1. The molecule has 3 atom stereocenters. The Balaban J connectivity index is 1.51. The monoisotopic (exact) mass is 334 g/mol. The highest BCUT2D eigenvalue weighted by Gasteiger charge is 2.33. The Morgan fingerprint density at radius 2 is 1.96 bits per heavy atom. The number of hydrogen-bond acceptors (Lipinski definition) is 3. The van der Waals surface area contributed by atoms with Crippen LogP contribution >= 0.6 is 0 Å². The van der Waals surface area contributed by atoms with Crippen LogP contribution in [0.4, 0.5) is 4.39 Å². The molecule has 24 heavy (non-hydrogen) atoms. The molecule has 3 rings (SSSR count). The Labute approximate surface area is 143 Å². The highest BCUT2D eigenvalue weighted by atomic mass is 19.1. The summed E-state index contributed by atoms with van der Waals surface area (Å²) in [5.74, 6) is -0.261. The van der Waals surface area contributed by atoms with E-state index < -0.39 is 0 Å². The molecule has 5 heteroatoms. The van der Waals surface area contributed by atoms with Crippen LogP contribution in [-0.2, 0) is 4.79 Å². The fourth-order valence-corrected chi connectivity index (χ4v) is 4.03. The van der Waals surface area contributed by atoms with Crippen LogP contribution in [0.3, 0.4) is 0 Å². The van der Waals surface area contributed by atoms with Gasteiger partial charge in [0.1, 0.15) is 5.82 Å². The molecule has 2 fully saturated rings. The molecule has 1 aromatic rings. The zero-order valence-corrected chi connectivity index (χ0v) is 14.3. The fraction of sp³-hybridized carbons (Fsp3) is 0.632. The van der Waals surface area contributed by atoms with Crippen LogP contribution in [0.15, 0.2) is 24.3 Å². The first-order valence-corrected chi connectivity index (χ1v) is 9.00. The Morgan fingerprint density at radius 1 is 1.25 bits per heavy atom. The number of amides is 1. The van der Waals surface area contributed by atoms with Crippen LogP contribution in [0, 0.1) is 5.82 Å². The number of benzene rings is 1. The van der Waals surface area contributed by atoms with Crippen molar-refractivity contribution in [1.29, 1.82) is 0 Å². The van der Waals surface area contributed by atoms with E-state index in [0.29, 0.717) is 25.1 Å². The largest absolute Gasteiger partial charge is 0.391 e. The van der Waals surface area contributed by atoms with E-state index in [4.69, 9.17) is 0 Å². The third-order valence-corrected chi connectivity index (χ3v) is 5.50. The molecule has 0 spiro atoms. The van der Waals surface area contributed by atoms with Crippen LogP contribution < -0.4 is 0 Å². The molecule has 4 nitrogen and oxygen atoms in total. The summed E-state index contributed by atoms with van der Waals surface area (Å²) in [5.41, 5.74) is 0.610. The summed E-state index contributed by atoms with van der Waals surface area (Å²) < 4.78 is 13.8. The van der Waals surface area contributed by atoms with Crippen molar-refractivity contribution in [3.05, 3.63) is 35.6 Å². The van der Waals surface area contributed by atoms with E-state index in [0.717, 1.165) is 32.4 Å². The van der Waals surface area contributed by atoms with Gasteiger partial charge in [-0.2, -0.15) is 0 Å². The van der Waals surface area contributed by atoms with Gasteiger partial charge in [0.15, 0.2) is 0 Å². The van der Waals surface area contributed by atoms with Crippen molar-refractivity contribution < 1.29 is 14.3 Å². The van der Waals surface area contributed by atoms with Gasteiger partial charge in [-0.1, -0.05) is 25.1 Å². The number of aliphatic hydroxyl groups is 1. The fourth-order valence-electron chi connectivity index (χ4n) is 4.03. The minimum Gasteiger partial charge on any atom is -0.391 e. The lowest BCUT2D eigenvalue weighted by molar-refractivity contribution is -0.133. The van der Waals surface area contributed by atoms with Crippen molar-refractivity contribution in [2.24, 2.45) is 0 Å². The van der Waals surface area contributed by atoms with Crippen LogP contribution in [0.25, 0.3) is 0 Å². The second-order valence-electron chi connectivity index (χ2n) is 7.11. The summed E-state index contributed by atoms with van der Waals surface area (Å²) in [6, 6.07) is 6.95. The Bertz CT molecular complexity index is 572. The highest BCUT2D eigenvalue weighted by Crippen LogP contribution is 2.26. The smallest absolute Gasteiger partial charge is 0.223 e. The maximum Gasteiger partial charge on any atom is 0.223 e. The van der Waals surface area contributed by atoms with Crippen molar-refractivity contribution in [2.45, 2.75) is 50.7 Å². The molecule has 1 N–H and O–H groups in total. The zero-order chi connectivity index (χ0) is 17.1. The van der Waals surface area contributed by atoms with Gasteiger partial charge in [0.05, 0.1) is 6.10 Å². The molecule has 1 aliphatic heterocycles. The molecular weight excluding hydrogens is 307 g/mol. The third kappa shape index (κ3) is 3.78. The number of aliphatic hydroxyl groups excluding tert-OH is 1. The van der Waals surface area contributed by atoms with Gasteiger partial charge >= 0.3 is 0 Å². The summed E-state index contributed by atoms with van der Waals surface area (Å²) in [6.45, 7) is 4.95. The van der Waals surface area contributed by atoms with Gasteiger partial charge in [-0.15, -0.1) is 0 Å². The molecule has 0 radical (unpaired) electrons. The van der Waals surface area contributed by atoms with Crippen LogP contribution in [0.5, 0.6) is 0 Å². The molecule has 0 bridgehead atoms. The minimum atomic E-state index is -0.238. The van der Waals surface area contributed by atoms with Crippen molar-refractivity contribution in [1.82, 2.24) is 9.80 Å². The first-order valence-electron chi connectivity index (χ1n) is 9.00. The maximum absolute atomic E-state index is 13.8. The number of piperazine rings is 1. The van der Waals surface area contributed by atoms with Gasteiger partial charge < -0.3 is 10.0 Å². The lowest BCUT2D eigenvalue weighted by atomic mass is 9.96. The Hall–Kier alpha value is -1.46. The van der Waals surface area contributed by atoms with Gasteiger partial charge in [-0.05, 0) is 36.8 Å². The molecule has 1 amide bonds. The average Bonchev–Trinajstić information content (AvgIpc) is 3.01. The molecular formula is C19H27FN2O2. The zero-order valence-electron chi connectivity index (χ0n) is 14.3. The van der Waals surface area contributed by atoms with E-state index in [2.05, 4.69) is 4.90 Å². The highest BCUT2D eigenvalue weighted by molar-refractivity contribution is 5.77. The van der Waals surface area contributed by atoms with E-state index in [9.17, 15) is 14.3 Å². The molecule has 132 valence electrons. The van der Waals surface area contributed by atoms with E-state index in [1.165, 1.54) is 6.07 Å². The van der Waals surface area contributed by atoms with Crippen molar-refractivity contribution >= 4 is 5.91 Å². The molecule has 1 aromatic carbocycles. The molecule has 0 aromatic heterocycles. The van der Waals surface area contributed by atoms with E-state index in [1.807, 2.05) is 17.9 Å². The number of halogens is 1. The van der Waals surface area contributed by atoms with Crippen LogP contribution in [-0.4, -0.2) is 59.1 Å². The van der Waals surface area contributed by atoms with Crippen molar-refractivity contribution in [2.75, 3.05) is 26.2 Å². The van der Waals surface area contributed by atoms with E-state index >= 15 is 0 Å². The number of rotatable bonds is 4. The second-order valence-corrected chi connectivity index (χ2v) is 7.11. The summed E-state index contributed by atoms with van der Waals surface area (Å²) >= 11 is 0. The van der Waals surface area contributed by atoms with Crippen molar-refractivity contribution in [3.8, 4) is 0 Å². The maximum atomic E-state index is 13.8. The van der Waals surface area contributed by atoms with Gasteiger partial charge in [0.2, 0.25) is 5.91 Å². The van der Waals surface area contributed by atoms with Gasteiger partial charge in [0.25, 0.3) is 0 Å². The van der Waals surface area contributed by atoms with Crippen LogP contribution in [0.2, 0.25) is 0 Å². The number of carbonyl (C=O) groups excluding carboxylic acids is 1. The lowest BCUT2D eigenvalue weighted by Crippen LogP contribution is -2.53. The molecule has 3 unspecified atom stereocenters. The summed E-state index contributed by atoms with van der Waals surface area (Å²) in [7, 11) is 0. The van der Waals surface area contributed by atoms with E-state index in [1.54, 1.807) is 12.1 Å². The predicted molar refractivity (Wildman–Crippen MR) is 91.2 cm³/mol. The first kappa shape index (κ1) is 17.4. The molecule has 1 saturated heterocycles. The van der Waals surface area contributed by atoms with Gasteiger partial charge in [-0.3, -0.25) is 9.69 Å². The molecule has 2 aliphatic rings. The predicted octanol–water partition coefficient (Wildman–Crippen LogP) is 2.38. The topological polar surface area (TPSA) is 43.8 Å². The minimum absolute atomic E-state index is 0.0948. The molecule has 1 aliphatic carbocycles. The normalized spacial score (nSPS) is 26.5. The standard InChI is InChI=1S/C19H27FN2O2/c1-14(15-5-2-3-6-16(15)20)13-19(24)22-11-9-21(10-12-22)17-7-4-8-18(17)23/h2-3,5-6,14,17-18,23H,4,7-13H2,1H3. The molecule has 1 saturated carbocycles. The quantitative estimate of drug-likeness (QED) is 0.919. The SMILES string of the molecule is CC(CC(=O)N1CCN(C2CCCC2O)CC1)c1ccccc1F. The third-order valence-electron chi connectivity index (χ3n) is 5.50. The first-order chi connectivity index (χ1) is 11.6. The summed E-state index contributed by atoms with van der Waals surface area (Å²) in [5, 5.41) is 10.0. The van der Waals surface area contributed by atoms with Crippen LogP contribution in [0.1, 0.15) is 44.1 Å². The summed E-state index contributed by atoms with van der Waals surface area (Å²) in [4.78, 5) is 16.7. The van der Waals surface area contributed by atoms with Gasteiger partial charge in [0, 0.05) is 38.6 Å². The Kier molecular flexibility index (Phi) is 5.51. The molecule has 1 heterocycles. The number of nitrogens with zero attached hydrogens (tertiary/aromatic N) is 2. The van der Waals surface area contributed by atoms with E-state index in [-0.39, 0.29) is 29.8 Å². The van der Waals surface area contributed by atoms with Gasteiger partial charge in [-0.25, -0.2) is 4.39 Å². The Morgan fingerprint density at radius 3 is 2.58 bits per heavy atom. The average molecular weight is 334 g/mol.